The monoisotopic (exact) mass is 245 g/mol. The minimum Gasteiger partial charge on any atom is -0.493 e. The number of ether oxygens (including phenoxy) is 1. The summed E-state index contributed by atoms with van der Waals surface area (Å²) in [5.74, 6) is 0.810. The van der Waals surface area contributed by atoms with Crippen molar-refractivity contribution in [2.24, 2.45) is 0 Å². The van der Waals surface area contributed by atoms with E-state index in [4.69, 9.17) is 27.9 Å². The first kappa shape index (κ1) is 11.1. The molecule has 1 heterocycles. The first-order chi connectivity index (χ1) is 7.22. The Morgan fingerprint density at radius 2 is 2.27 bits per heavy atom. The summed E-state index contributed by atoms with van der Waals surface area (Å²) in [4.78, 5) is 0. The van der Waals surface area contributed by atoms with Gasteiger partial charge in [0.05, 0.1) is 11.6 Å². The maximum absolute atomic E-state index is 6.17. The van der Waals surface area contributed by atoms with Gasteiger partial charge in [-0.05, 0) is 18.7 Å². The Balaban J connectivity index is 2.41. The molecule has 82 valence electrons. The molecular formula is C11H13Cl2NO. The highest BCUT2D eigenvalue weighted by atomic mass is 35.5. The van der Waals surface area contributed by atoms with E-state index in [0.717, 1.165) is 24.3 Å². The molecule has 1 aromatic carbocycles. The second kappa shape index (κ2) is 4.60. The number of halogens is 2. The molecule has 1 unspecified atom stereocenters. The lowest BCUT2D eigenvalue weighted by molar-refractivity contribution is 0.254. The van der Waals surface area contributed by atoms with E-state index >= 15 is 0 Å². The van der Waals surface area contributed by atoms with Crippen LogP contribution in [0.1, 0.15) is 24.9 Å². The molecule has 4 heteroatoms. The van der Waals surface area contributed by atoms with Gasteiger partial charge in [0, 0.05) is 23.0 Å². The Labute approximate surface area is 99.5 Å². The summed E-state index contributed by atoms with van der Waals surface area (Å²) in [6.45, 7) is 3.71. The summed E-state index contributed by atoms with van der Waals surface area (Å²) in [5.41, 5.74) is 1.04. The van der Waals surface area contributed by atoms with Gasteiger partial charge in [0.2, 0.25) is 0 Å². The third kappa shape index (κ3) is 2.22. The summed E-state index contributed by atoms with van der Waals surface area (Å²) in [6, 6.07) is 3.87. The number of hydrogen-bond acceptors (Lipinski definition) is 2. The van der Waals surface area contributed by atoms with Gasteiger partial charge in [-0.3, -0.25) is 0 Å². The standard InChI is InChI=1S/C11H13Cl2NO/c1-2-14-9-3-4-15-10-6-7(12)5-8(13)11(9)10/h5-6,9,14H,2-4H2,1H3. The largest absolute Gasteiger partial charge is 0.493 e. The quantitative estimate of drug-likeness (QED) is 0.863. The highest BCUT2D eigenvalue weighted by Gasteiger charge is 2.23. The lowest BCUT2D eigenvalue weighted by Gasteiger charge is -2.27. The predicted octanol–water partition coefficient (Wildman–Crippen LogP) is 3.43. The van der Waals surface area contributed by atoms with Crippen LogP contribution in [0, 0.1) is 0 Å². The number of nitrogens with one attached hydrogen (secondary N) is 1. The van der Waals surface area contributed by atoms with E-state index in [1.165, 1.54) is 0 Å². The van der Waals surface area contributed by atoms with E-state index in [-0.39, 0.29) is 6.04 Å². The minimum absolute atomic E-state index is 0.281. The van der Waals surface area contributed by atoms with Crippen molar-refractivity contribution < 1.29 is 4.74 Å². The van der Waals surface area contributed by atoms with E-state index in [0.29, 0.717) is 16.7 Å². The molecule has 0 spiro atoms. The summed E-state index contributed by atoms with van der Waals surface area (Å²) in [5, 5.41) is 4.70. The van der Waals surface area contributed by atoms with Gasteiger partial charge in [-0.25, -0.2) is 0 Å². The van der Waals surface area contributed by atoms with Crippen LogP contribution in [0.4, 0.5) is 0 Å². The van der Waals surface area contributed by atoms with Crippen LogP contribution < -0.4 is 10.1 Å². The average Bonchev–Trinajstić information content (AvgIpc) is 2.17. The lowest BCUT2D eigenvalue weighted by Crippen LogP contribution is -2.27. The van der Waals surface area contributed by atoms with Gasteiger partial charge in [-0.1, -0.05) is 30.1 Å². The fourth-order valence-electron chi connectivity index (χ4n) is 1.90. The number of hydrogen-bond donors (Lipinski definition) is 1. The van der Waals surface area contributed by atoms with E-state index in [9.17, 15) is 0 Å². The van der Waals surface area contributed by atoms with E-state index < -0.39 is 0 Å². The second-order valence-electron chi connectivity index (χ2n) is 3.55. The molecular weight excluding hydrogens is 233 g/mol. The van der Waals surface area contributed by atoms with Crippen LogP contribution in [0.5, 0.6) is 5.75 Å². The average molecular weight is 246 g/mol. The van der Waals surface area contributed by atoms with Gasteiger partial charge in [0.25, 0.3) is 0 Å². The van der Waals surface area contributed by atoms with Crippen molar-refractivity contribution in [2.75, 3.05) is 13.2 Å². The molecule has 0 amide bonds. The SMILES string of the molecule is CCNC1CCOc2cc(Cl)cc(Cl)c21. The van der Waals surface area contributed by atoms with E-state index in [2.05, 4.69) is 12.2 Å². The maximum Gasteiger partial charge on any atom is 0.127 e. The maximum atomic E-state index is 6.17. The third-order valence-electron chi connectivity index (χ3n) is 2.52. The van der Waals surface area contributed by atoms with Crippen LogP contribution in [-0.4, -0.2) is 13.2 Å². The molecule has 1 aliphatic rings. The molecule has 0 aliphatic carbocycles. The van der Waals surface area contributed by atoms with Crippen molar-refractivity contribution in [1.82, 2.24) is 5.32 Å². The summed E-state index contributed by atoms with van der Waals surface area (Å²) in [6.07, 6.45) is 0.947. The molecule has 1 N–H and O–H groups in total. The first-order valence-electron chi connectivity index (χ1n) is 5.07. The smallest absolute Gasteiger partial charge is 0.127 e. The molecule has 2 rings (SSSR count). The zero-order valence-corrected chi connectivity index (χ0v) is 10.0. The summed E-state index contributed by atoms with van der Waals surface area (Å²) >= 11 is 12.1. The Hall–Kier alpha value is -0.440. The van der Waals surface area contributed by atoms with Crippen molar-refractivity contribution in [1.29, 1.82) is 0 Å². The predicted molar refractivity (Wildman–Crippen MR) is 63.0 cm³/mol. The van der Waals surface area contributed by atoms with Crippen molar-refractivity contribution >= 4 is 23.2 Å². The molecule has 0 aromatic heterocycles. The van der Waals surface area contributed by atoms with Crippen LogP contribution in [-0.2, 0) is 0 Å². The lowest BCUT2D eigenvalue weighted by atomic mass is 10.0. The zero-order chi connectivity index (χ0) is 10.8. The fourth-order valence-corrected chi connectivity index (χ4v) is 2.51. The molecule has 0 saturated carbocycles. The van der Waals surface area contributed by atoms with Crippen molar-refractivity contribution in [3.8, 4) is 5.75 Å². The minimum atomic E-state index is 0.281. The normalized spacial score (nSPS) is 19.5. The van der Waals surface area contributed by atoms with Crippen molar-refractivity contribution in [3.05, 3.63) is 27.7 Å². The molecule has 0 radical (unpaired) electrons. The molecule has 2 nitrogen and oxygen atoms in total. The Bertz CT molecular complexity index is 368. The van der Waals surface area contributed by atoms with Gasteiger partial charge in [0.1, 0.15) is 5.75 Å². The van der Waals surface area contributed by atoms with Crippen molar-refractivity contribution in [2.45, 2.75) is 19.4 Å². The molecule has 1 atom stereocenters. The van der Waals surface area contributed by atoms with E-state index in [1.807, 2.05) is 6.07 Å². The van der Waals surface area contributed by atoms with Crippen molar-refractivity contribution in [3.63, 3.8) is 0 Å². The highest BCUT2D eigenvalue weighted by molar-refractivity contribution is 6.35. The van der Waals surface area contributed by atoms with Crippen LogP contribution >= 0.6 is 23.2 Å². The Morgan fingerprint density at radius 3 is 3.00 bits per heavy atom. The molecule has 0 bridgehead atoms. The van der Waals surface area contributed by atoms with Gasteiger partial charge in [0.15, 0.2) is 0 Å². The molecule has 0 fully saturated rings. The zero-order valence-electron chi connectivity index (χ0n) is 8.52. The third-order valence-corrected chi connectivity index (χ3v) is 3.05. The van der Waals surface area contributed by atoms with Gasteiger partial charge in [-0.2, -0.15) is 0 Å². The molecule has 1 aliphatic heterocycles. The summed E-state index contributed by atoms with van der Waals surface area (Å²) in [7, 11) is 0. The number of rotatable bonds is 2. The topological polar surface area (TPSA) is 21.3 Å². The number of fused-ring (bicyclic) bond motifs is 1. The second-order valence-corrected chi connectivity index (χ2v) is 4.39. The summed E-state index contributed by atoms with van der Waals surface area (Å²) < 4.78 is 5.55. The van der Waals surface area contributed by atoms with Gasteiger partial charge in [-0.15, -0.1) is 0 Å². The Morgan fingerprint density at radius 1 is 1.47 bits per heavy atom. The molecule has 15 heavy (non-hydrogen) atoms. The highest BCUT2D eigenvalue weighted by Crippen LogP contribution is 2.39. The first-order valence-corrected chi connectivity index (χ1v) is 5.83. The molecule has 1 aromatic rings. The Kier molecular flexibility index (Phi) is 3.39. The number of benzene rings is 1. The van der Waals surface area contributed by atoms with Crippen LogP contribution in [0.2, 0.25) is 10.0 Å². The van der Waals surface area contributed by atoms with E-state index in [1.54, 1.807) is 6.07 Å². The van der Waals surface area contributed by atoms with Crippen LogP contribution in [0.15, 0.2) is 12.1 Å². The van der Waals surface area contributed by atoms with Crippen LogP contribution in [0.25, 0.3) is 0 Å². The van der Waals surface area contributed by atoms with Crippen LogP contribution in [0.3, 0.4) is 0 Å². The van der Waals surface area contributed by atoms with Gasteiger partial charge >= 0.3 is 0 Å². The van der Waals surface area contributed by atoms with Gasteiger partial charge < -0.3 is 10.1 Å². The molecule has 0 saturated heterocycles. The fraction of sp³-hybridized carbons (Fsp3) is 0.455.